The van der Waals surface area contributed by atoms with Crippen LogP contribution in [-0.4, -0.2) is 26.8 Å². The van der Waals surface area contributed by atoms with Crippen molar-refractivity contribution in [2.75, 3.05) is 0 Å². The van der Waals surface area contributed by atoms with Crippen LogP contribution in [0, 0.1) is 6.92 Å². The number of aliphatic carboxylic acids is 1. The van der Waals surface area contributed by atoms with Crippen molar-refractivity contribution in [2.45, 2.75) is 19.8 Å². The number of carbonyl (C=O) groups excluding carboxylic acids is 1. The Balaban J connectivity index is 2.24. The van der Waals surface area contributed by atoms with E-state index in [9.17, 15) is 14.7 Å². The standard InChI is InChI=1S/C16H13ClN2O3S/c1-7-6-18-15(23-7)14(20)13-12(8(2)16(21)22)10-4-3-9(17)5-11(10)19-13/h3-6,8,19H,1-2H3,(H,21,22). The highest BCUT2D eigenvalue weighted by molar-refractivity contribution is 7.13. The summed E-state index contributed by atoms with van der Waals surface area (Å²) in [6.07, 6.45) is 1.62. The first-order chi connectivity index (χ1) is 10.9. The minimum Gasteiger partial charge on any atom is -0.481 e. The minimum atomic E-state index is -0.995. The maximum Gasteiger partial charge on any atom is 0.310 e. The molecule has 2 heterocycles. The average molecular weight is 349 g/mol. The molecule has 0 radical (unpaired) electrons. The molecule has 1 unspecified atom stereocenters. The molecule has 1 atom stereocenters. The lowest BCUT2D eigenvalue weighted by Crippen LogP contribution is -2.12. The Kier molecular flexibility index (Phi) is 3.95. The van der Waals surface area contributed by atoms with Crippen LogP contribution in [-0.2, 0) is 4.79 Å². The number of ketones is 1. The maximum atomic E-state index is 12.8. The normalized spacial score (nSPS) is 12.5. The number of nitrogens with one attached hydrogen (secondary N) is 1. The Labute approximate surface area is 140 Å². The molecule has 0 fully saturated rings. The van der Waals surface area contributed by atoms with Crippen LogP contribution in [0.25, 0.3) is 10.9 Å². The van der Waals surface area contributed by atoms with E-state index in [0.717, 1.165) is 4.88 Å². The van der Waals surface area contributed by atoms with Crippen molar-refractivity contribution in [2.24, 2.45) is 0 Å². The monoisotopic (exact) mass is 348 g/mol. The van der Waals surface area contributed by atoms with Gasteiger partial charge in [-0.15, -0.1) is 11.3 Å². The minimum absolute atomic E-state index is 0.256. The molecule has 2 N–H and O–H groups in total. The van der Waals surface area contributed by atoms with Crippen molar-refractivity contribution in [1.82, 2.24) is 9.97 Å². The first-order valence-corrected chi connectivity index (χ1v) is 8.09. The first-order valence-electron chi connectivity index (χ1n) is 6.89. The SMILES string of the molecule is Cc1cnc(C(=O)c2[nH]c3cc(Cl)ccc3c2C(C)C(=O)O)s1. The van der Waals surface area contributed by atoms with Crippen molar-refractivity contribution >= 4 is 45.6 Å². The molecule has 23 heavy (non-hydrogen) atoms. The highest BCUT2D eigenvalue weighted by atomic mass is 35.5. The summed E-state index contributed by atoms with van der Waals surface area (Å²) in [6, 6.07) is 5.09. The van der Waals surface area contributed by atoms with E-state index in [4.69, 9.17) is 11.6 Å². The number of carboxylic acids is 1. The van der Waals surface area contributed by atoms with E-state index in [0.29, 0.717) is 26.5 Å². The van der Waals surface area contributed by atoms with Gasteiger partial charge < -0.3 is 10.1 Å². The van der Waals surface area contributed by atoms with E-state index in [-0.39, 0.29) is 11.5 Å². The second-order valence-electron chi connectivity index (χ2n) is 5.27. The summed E-state index contributed by atoms with van der Waals surface area (Å²) in [5.41, 5.74) is 1.35. The number of aromatic amines is 1. The third-order valence-corrected chi connectivity index (χ3v) is 4.79. The molecule has 0 saturated carbocycles. The number of nitrogens with zero attached hydrogens (tertiary/aromatic N) is 1. The summed E-state index contributed by atoms with van der Waals surface area (Å²) >= 11 is 7.27. The van der Waals surface area contributed by atoms with Crippen LogP contribution >= 0.6 is 22.9 Å². The second kappa shape index (κ2) is 5.79. The van der Waals surface area contributed by atoms with E-state index >= 15 is 0 Å². The third kappa shape index (κ3) is 2.75. The van der Waals surface area contributed by atoms with Crippen LogP contribution in [0.5, 0.6) is 0 Å². The van der Waals surface area contributed by atoms with Crippen LogP contribution in [0.2, 0.25) is 5.02 Å². The number of H-pyrrole nitrogens is 1. The number of carboxylic acid groups (broad SMARTS) is 1. The zero-order valence-electron chi connectivity index (χ0n) is 12.4. The van der Waals surface area contributed by atoms with Gasteiger partial charge in [0.2, 0.25) is 5.78 Å². The van der Waals surface area contributed by atoms with Crippen molar-refractivity contribution in [1.29, 1.82) is 0 Å². The van der Waals surface area contributed by atoms with Gasteiger partial charge in [0, 0.05) is 32.6 Å². The van der Waals surface area contributed by atoms with E-state index in [1.165, 1.54) is 11.3 Å². The van der Waals surface area contributed by atoms with E-state index in [1.54, 1.807) is 31.3 Å². The molecule has 0 aliphatic rings. The molecular weight excluding hydrogens is 336 g/mol. The smallest absolute Gasteiger partial charge is 0.310 e. The van der Waals surface area contributed by atoms with Gasteiger partial charge in [-0.3, -0.25) is 9.59 Å². The highest BCUT2D eigenvalue weighted by Gasteiger charge is 2.27. The van der Waals surface area contributed by atoms with Gasteiger partial charge in [-0.2, -0.15) is 0 Å². The summed E-state index contributed by atoms with van der Waals surface area (Å²) in [5.74, 6) is -2.13. The third-order valence-electron chi connectivity index (χ3n) is 3.65. The molecule has 0 bridgehead atoms. The van der Waals surface area contributed by atoms with Crippen molar-refractivity contribution < 1.29 is 14.7 Å². The molecule has 0 spiro atoms. The van der Waals surface area contributed by atoms with E-state index in [2.05, 4.69) is 9.97 Å². The fraction of sp³-hybridized carbons (Fsp3) is 0.188. The van der Waals surface area contributed by atoms with Gasteiger partial charge in [0.05, 0.1) is 11.6 Å². The quantitative estimate of drug-likeness (QED) is 0.698. The van der Waals surface area contributed by atoms with Gasteiger partial charge >= 0.3 is 5.97 Å². The number of aryl methyl sites for hydroxylation is 1. The van der Waals surface area contributed by atoms with Gasteiger partial charge in [0.15, 0.2) is 5.01 Å². The number of thiazole rings is 1. The largest absolute Gasteiger partial charge is 0.481 e. The van der Waals surface area contributed by atoms with Crippen LogP contribution in [0.3, 0.4) is 0 Å². The van der Waals surface area contributed by atoms with Crippen molar-refractivity contribution in [3.05, 3.63) is 50.6 Å². The molecule has 7 heteroatoms. The summed E-state index contributed by atoms with van der Waals surface area (Å²) in [6.45, 7) is 3.42. The molecule has 118 valence electrons. The number of fused-ring (bicyclic) bond motifs is 1. The Morgan fingerprint density at radius 3 is 2.74 bits per heavy atom. The first kappa shape index (κ1) is 15.7. The Morgan fingerprint density at radius 1 is 1.39 bits per heavy atom. The zero-order valence-corrected chi connectivity index (χ0v) is 14.0. The van der Waals surface area contributed by atoms with E-state index < -0.39 is 11.9 Å². The molecule has 1 aromatic carbocycles. The summed E-state index contributed by atoms with van der Waals surface area (Å²) in [5, 5.41) is 10.9. The molecule has 0 aliphatic carbocycles. The number of rotatable bonds is 4. The maximum absolute atomic E-state index is 12.8. The summed E-state index contributed by atoms with van der Waals surface area (Å²) in [4.78, 5) is 32.2. The highest BCUT2D eigenvalue weighted by Crippen LogP contribution is 2.33. The van der Waals surface area contributed by atoms with Crippen LogP contribution < -0.4 is 0 Å². The van der Waals surface area contributed by atoms with Gasteiger partial charge in [-0.05, 0) is 26.0 Å². The average Bonchev–Trinajstić information content (AvgIpc) is 3.08. The molecule has 3 rings (SSSR count). The fourth-order valence-electron chi connectivity index (χ4n) is 2.51. The number of benzene rings is 1. The lowest BCUT2D eigenvalue weighted by Gasteiger charge is -2.07. The van der Waals surface area contributed by atoms with Crippen LogP contribution in [0.1, 0.15) is 38.8 Å². The van der Waals surface area contributed by atoms with Gasteiger partial charge in [0.1, 0.15) is 0 Å². The van der Waals surface area contributed by atoms with Gasteiger partial charge in [0.25, 0.3) is 0 Å². The predicted octanol–water partition coefficient (Wildman–Crippen LogP) is 4.01. The fourth-order valence-corrected chi connectivity index (χ4v) is 3.39. The Bertz CT molecular complexity index is 929. The van der Waals surface area contributed by atoms with Crippen molar-refractivity contribution in [3.8, 4) is 0 Å². The molecule has 2 aromatic heterocycles. The molecular formula is C16H13ClN2O3S. The summed E-state index contributed by atoms with van der Waals surface area (Å²) < 4.78 is 0. The van der Waals surface area contributed by atoms with Crippen LogP contribution in [0.15, 0.2) is 24.4 Å². The summed E-state index contributed by atoms with van der Waals surface area (Å²) in [7, 11) is 0. The second-order valence-corrected chi connectivity index (χ2v) is 6.94. The Hall–Kier alpha value is -2.18. The molecule has 0 saturated heterocycles. The lowest BCUT2D eigenvalue weighted by atomic mass is 9.96. The Morgan fingerprint density at radius 2 is 2.13 bits per heavy atom. The molecule has 3 aromatic rings. The van der Waals surface area contributed by atoms with Crippen LogP contribution in [0.4, 0.5) is 0 Å². The number of hydrogen-bond donors (Lipinski definition) is 2. The topological polar surface area (TPSA) is 83.0 Å². The predicted molar refractivity (Wildman–Crippen MR) is 89.6 cm³/mol. The van der Waals surface area contributed by atoms with Crippen molar-refractivity contribution in [3.63, 3.8) is 0 Å². The van der Waals surface area contributed by atoms with E-state index in [1.807, 2.05) is 6.92 Å². The molecule has 0 amide bonds. The number of carbonyl (C=O) groups is 2. The number of hydrogen-bond acceptors (Lipinski definition) is 4. The zero-order chi connectivity index (χ0) is 16.7. The lowest BCUT2D eigenvalue weighted by molar-refractivity contribution is -0.138. The molecule has 5 nitrogen and oxygen atoms in total. The number of aromatic nitrogens is 2. The van der Waals surface area contributed by atoms with Gasteiger partial charge in [-0.25, -0.2) is 4.98 Å². The number of halogens is 1. The van der Waals surface area contributed by atoms with Gasteiger partial charge in [-0.1, -0.05) is 17.7 Å². The molecule has 0 aliphatic heterocycles.